The highest BCUT2D eigenvalue weighted by atomic mass is 16.6. The molecule has 0 aliphatic heterocycles. The SMILES string of the molecule is Cc1nn(C)cc1CNc1ccc([N+](=O)[O-])cn1. The molecule has 1 N–H and O–H groups in total. The van der Waals surface area contributed by atoms with E-state index in [2.05, 4.69) is 15.4 Å². The Hall–Kier alpha value is -2.44. The summed E-state index contributed by atoms with van der Waals surface area (Å²) in [4.78, 5) is 14.0. The molecular weight excluding hydrogens is 234 g/mol. The van der Waals surface area contributed by atoms with Crippen LogP contribution in [-0.4, -0.2) is 19.7 Å². The Morgan fingerprint density at radius 2 is 2.28 bits per heavy atom. The molecule has 0 atom stereocenters. The average molecular weight is 247 g/mol. The maximum atomic E-state index is 10.5. The normalized spacial score (nSPS) is 10.3. The lowest BCUT2D eigenvalue weighted by molar-refractivity contribution is -0.385. The third-order valence-corrected chi connectivity index (χ3v) is 2.53. The van der Waals surface area contributed by atoms with Crippen molar-refractivity contribution in [2.75, 3.05) is 5.32 Å². The Labute approximate surface area is 104 Å². The first-order valence-electron chi connectivity index (χ1n) is 5.39. The molecule has 0 saturated heterocycles. The van der Waals surface area contributed by atoms with Crippen molar-refractivity contribution in [2.45, 2.75) is 13.5 Å². The first kappa shape index (κ1) is 12.0. The predicted octanol–water partition coefficient (Wildman–Crippen LogP) is 1.64. The number of hydrogen-bond donors (Lipinski definition) is 1. The lowest BCUT2D eigenvalue weighted by Crippen LogP contribution is -2.02. The van der Waals surface area contributed by atoms with Gasteiger partial charge in [-0.2, -0.15) is 5.10 Å². The fraction of sp³-hybridized carbons (Fsp3) is 0.273. The van der Waals surface area contributed by atoms with Crippen LogP contribution in [0.3, 0.4) is 0 Å². The smallest absolute Gasteiger partial charge is 0.287 e. The Bertz CT molecular complexity index is 561. The number of nitrogens with zero attached hydrogens (tertiary/aromatic N) is 4. The Morgan fingerprint density at radius 1 is 1.50 bits per heavy atom. The van der Waals surface area contributed by atoms with Gasteiger partial charge in [-0.1, -0.05) is 0 Å². The van der Waals surface area contributed by atoms with Gasteiger partial charge in [-0.05, 0) is 13.0 Å². The molecule has 2 heterocycles. The minimum atomic E-state index is -0.470. The monoisotopic (exact) mass is 247 g/mol. The van der Waals surface area contributed by atoms with Gasteiger partial charge in [0, 0.05) is 31.4 Å². The van der Waals surface area contributed by atoms with Crippen molar-refractivity contribution < 1.29 is 4.92 Å². The van der Waals surface area contributed by atoms with Crippen LogP contribution in [0.25, 0.3) is 0 Å². The van der Waals surface area contributed by atoms with E-state index in [4.69, 9.17) is 0 Å². The van der Waals surface area contributed by atoms with Crippen LogP contribution in [0.15, 0.2) is 24.5 Å². The summed E-state index contributed by atoms with van der Waals surface area (Å²) >= 11 is 0. The predicted molar refractivity (Wildman–Crippen MR) is 66.2 cm³/mol. The molecule has 0 radical (unpaired) electrons. The highest BCUT2D eigenvalue weighted by Gasteiger charge is 2.06. The van der Waals surface area contributed by atoms with Crippen molar-refractivity contribution in [1.29, 1.82) is 0 Å². The molecule has 7 heteroatoms. The number of hydrogen-bond acceptors (Lipinski definition) is 5. The van der Waals surface area contributed by atoms with Gasteiger partial charge in [0.05, 0.1) is 10.6 Å². The fourth-order valence-corrected chi connectivity index (χ4v) is 1.61. The van der Waals surface area contributed by atoms with Crippen LogP contribution >= 0.6 is 0 Å². The maximum Gasteiger partial charge on any atom is 0.287 e. The van der Waals surface area contributed by atoms with Gasteiger partial charge in [-0.3, -0.25) is 14.8 Å². The van der Waals surface area contributed by atoms with Gasteiger partial charge in [-0.25, -0.2) is 4.98 Å². The quantitative estimate of drug-likeness (QED) is 0.655. The van der Waals surface area contributed by atoms with Gasteiger partial charge in [0.2, 0.25) is 0 Å². The van der Waals surface area contributed by atoms with E-state index in [0.717, 1.165) is 11.3 Å². The van der Waals surface area contributed by atoms with E-state index in [0.29, 0.717) is 12.4 Å². The Morgan fingerprint density at radius 3 is 2.78 bits per heavy atom. The summed E-state index contributed by atoms with van der Waals surface area (Å²) in [7, 11) is 1.86. The summed E-state index contributed by atoms with van der Waals surface area (Å²) < 4.78 is 1.75. The zero-order valence-corrected chi connectivity index (χ0v) is 10.1. The van der Waals surface area contributed by atoms with Crippen LogP contribution in [0, 0.1) is 17.0 Å². The molecule has 0 spiro atoms. The molecule has 0 amide bonds. The molecule has 0 aliphatic carbocycles. The topological polar surface area (TPSA) is 85.9 Å². The number of anilines is 1. The third kappa shape index (κ3) is 2.62. The largest absolute Gasteiger partial charge is 0.366 e. The van der Waals surface area contributed by atoms with Crippen LogP contribution in [0.1, 0.15) is 11.3 Å². The summed E-state index contributed by atoms with van der Waals surface area (Å²) in [6, 6.07) is 3.01. The van der Waals surface area contributed by atoms with E-state index in [1.807, 2.05) is 20.2 Å². The lowest BCUT2D eigenvalue weighted by atomic mass is 10.2. The van der Waals surface area contributed by atoms with Crippen LogP contribution in [0.5, 0.6) is 0 Å². The van der Waals surface area contributed by atoms with Crippen molar-refractivity contribution in [1.82, 2.24) is 14.8 Å². The molecule has 0 saturated carbocycles. The van der Waals surface area contributed by atoms with Gasteiger partial charge in [0.25, 0.3) is 5.69 Å². The fourth-order valence-electron chi connectivity index (χ4n) is 1.61. The molecule has 94 valence electrons. The third-order valence-electron chi connectivity index (χ3n) is 2.53. The second-order valence-corrected chi connectivity index (χ2v) is 3.93. The first-order valence-corrected chi connectivity index (χ1v) is 5.39. The molecular formula is C11H13N5O2. The summed E-state index contributed by atoms with van der Waals surface area (Å²) in [5.41, 5.74) is 2.00. The van der Waals surface area contributed by atoms with Crippen molar-refractivity contribution >= 4 is 11.5 Å². The molecule has 0 aromatic carbocycles. The van der Waals surface area contributed by atoms with E-state index in [1.165, 1.54) is 12.3 Å². The van der Waals surface area contributed by atoms with E-state index in [-0.39, 0.29) is 5.69 Å². The second kappa shape index (κ2) is 4.82. The number of nitro groups is 1. The standard InChI is InChI=1S/C11H13N5O2/c1-8-9(7-15(2)14-8)5-12-11-4-3-10(6-13-11)16(17)18/h3-4,6-7H,5H2,1-2H3,(H,12,13). The molecule has 18 heavy (non-hydrogen) atoms. The van der Waals surface area contributed by atoms with Crippen molar-refractivity contribution in [3.8, 4) is 0 Å². The molecule has 0 fully saturated rings. The number of nitrogens with one attached hydrogen (secondary N) is 1. The zero-order chi connectivity index (χ0) is 13.1. The molecule has 0 bridgehead atoms. The Balaban J connectivity index is 2.02. The van der Waals surface area contributed by atoms with Crippen LogP contribution < -0.4 is 5.32 Å². The summed E-state index contributed by atoms with van der Waals surface area (Å²) in [5, 5.41) is 17.8. The maximum absolute atomic E-state index is 10.5. The molecule has 2 aromatic rings. The number of pyridine rings is 1. The van der Waals surface area contributed by atoms with E-state index in [1.54, 1.807) is 10.7 Å². The van der Waals surface area contributed by atoms with E-state index in [9.17, 15) is 10.1 Å². The van der Waals surface area contributed by atoms with Gasteiger partial charge < -0.3 is 5.32 Å². The van der Waals surface area contributed by atoms with Crippen molar-refractivity contribution in [3.05, 3.63) is 45.9 Å². The van der Waals surface area contributed by atoms with E-state index < -0.39 is 4.92 Å². The van der Waals surface area contributed by atoms with E-state index >= 15 is 0 Å². The lowest BCUT2D eigenvalue weighted by Gasteiger charge is -2.03. The summed E-state index contributed by atoms with van der Waals surface area (Å²) in [5.74, 6) is 0.601. The van der Waals surface area contributed by atoms with Crippen LogP contribution in [0.2, 0.25) is 0 Å². The first-order chi connectivity index (χ1) is 8.56. The number of rotatable bonds is 4. The minimum absolute atomic E-state index is 0.0156. The highest BCUT2D eigenvalue weighted by Crippen LogP contribution is 2.13. The van der Waals surface area contributed by atoms with Crippen molar-refractivity contribution in [3.63, 3.8) is 0 Å². The summed E-state index contributed by atoms with van der Waals surface area (Å²) in [6.07, 6.45) is 3.16. The van der Waals surface area contributed by atoms with Gasteiger partial charge in [-0.15, -0.1) is 0 Å². The second-order valence-electron chi connectivity index (χ2n) is 3.93. The minimum Gasteiger partial charge on any atom is -0.366 e. The van der Waals surface area contributed by atoms with Gasteiger partial charge in [0.1, 0.15) is 12.0 Å². The molecule has 0 aliphatic rings. The Kier molecular flexibility index (Phi) is 3.22. The number of aromatic nitrogens is 3. The highest BCUT2D eigenvalue weighted by molar-refractivity contribution is 5.40. The zero-order valence-electron chi connectivity index (χ0n) is 10.1. The molecule has 2 rings (SSSR count). The molecule has 2 aromatic heterocycles. The average Bonchev–Trinajstić information content (AvgIpc) is 2.66. The van der Waals surface area contributed by atoms with Gasteiger partial charge in [0.15, 0.2) is 0 Å². The van der Waals surface area contributed by atoms with Gasteiger partial charge >= 0.3 is 0 Å². The van der Waals surface area contributed by atoms with Crippen LogP contribution in [0.4, 0.5) is 11.5 Å². The molecule has 7 nitrogen and oxygen atoms in total. The molecule has 0 unspecified atom stereocenters. The van der Waals surface area contributed by atoms with Crippen LogP contribution in [-0.2, 0) is 13.6 Å². The number of aryl methyl sites for hydroxylation is 2. The summed E-state index contributed by atoms with van der Waals surface area (Å²) in [6.45, 7) is 2.52. The van der Waals surface area contributed by atoms with Crippen molar-refractivity contribution in [2.24, 2.45) is 7.05 Å².